The molecular weight excluding hydrogens is 290 g/mol. The lowest BCUT2D eigenvalue weighted by Gasteiger charge is -2.15. The highest BCUT2D eigenvalue weighted by Gasteiger charge is 2.18. The summed E-state index contributed by atoms with van der Waals surface area (Å²) in [5, 5.41) is 13.2. The molecule has 0 aliphatic heterocycles. The predicted octanol–water partition coefficient (Wildman–Crippen LogP) is 3.17. The van der Waals surface area contributed by atoms with Gasteiger partial charge in [-0.25, -0.2) is 0 Å². The van der Waals surface area contributed by atoms with Crippen LogP contribution in [-0.2, 0) is 0 Å². The summed E-state index contributed by atoms with van der Waals surface area (Å²) >= 11 is 0. The van der Waals surface area contributed by atoms with E-state index in [0.717, 1.165) is 10.9 Å². The minimum absolute atomic E-state index is 0.307. The van der Waals surface area contributed by atoms with E-state index in [1.807, 2.05) is 24.4 Å². The van der Waals surface area contributed by atoms with Gasteiger partial charge in [0, 0.05) is 22.8 Å². The predicted molar refractivity (Wildman–Crippen MR) is 87.1 cm³/mol. The van der Waals surface area contributed by atoms with Crippen LogP contribution in [0, 0.1) is 11.3 Å². The summed E-state index contributed by atoms with van der Waals surface area (Å²) in [6.45, 7) is 0. The molecule has 0 spiro atoms. The van der Waals surface area contributed by atoms with E-state index in [4.69, 9.17) is 4.74 Å². The molecule has 1 aromatic heterocycles. The molecule has 5 heteroatoms. The first-order valence-electron chi connectivity index (χ1n) is 7.13. The Hall–Kier alpha value is -3.26. The van der Waals surface area contributed by atoms with Crippen molar-refractivity contribution in [1.82, 2.24) is 10.3 Å². The van der Waals surface area contributed by atoms with Crippen molar-refractivity contribution in [3.63, 3.8) is 0 Å². The van der Waals surface area contributed by atoms with Gasteiger partial charge in [0.15, 0.2) is 0 Å². The molecule has 1 atom stereocenters. The standard InChI is InChI=1S/C18H15N3O2/c1-23-17-5-3-2-4-14(17)16(11-19)21-18(22)13-7-6-12-8-9-20-15(12)10-13/h2-10,16,20H,1H3,(H,21,22)/t16-/m1/s1. The van der Waals surface area contributed by atoms with Gasteiger partial charge in [-0.15, -0.1) is 0 Å². The summed E-state index contributed by atoms with van der Waals surface area (Å²) < 4.78 is 5.26. The third-order valence-electron chi connectivity index (χ3n) is 3.67. The normalized spacial score (nSPS) is 11.7. The average molecular weight is 305 g/mol. The van der Waals surface area contributed by atoms with Crippen LogP contribution in [0.3, 0.4) is 0 Å². The number of carbonyl (C=O) groups excluding carboxylic acids is 1. The minimum atomic E-state index is -0.780. The highest BCUT2D eigenvalue weighted by molar-refractivity contribution is 5.98. The molecule has 5 nitrogen and oxygen atoms in total. The maximum Gasteiger partial charge on any atom is 0.252 e. The zero-order valence-corrected chi connectivity index (χ0v) is 12.5. The SMILES string of the molecule is COc1ccccc1[C@@H](C#N)NC(=O)c1ccc2cc[nH]c2c1. The Morgan fingerprint density at radius 3 is 2.87 bits per heavy atom. The van der Waals surface area contributed by atoms with E-state index in [9.17, 15) is 10.1 Å². The zero-order valence-electron chi connectivity index (χ0n) is 12.5. The van der Waals surface area contributed by atoms with E-state index in [1.165, 1.54) is 7.11 Å². The molecule has 0 bridgehead atoms. The second-order valence-electron chi connectivity index (χ2n) is 5.06. The Labute approximate surface area is 133 Å². The number of nitriles is 1. The molecule has 3 aromatic rings. The number of aromatic amines is 1. The second kappa shape index (κ2) is 6.24. The van der Waals surface area contributed by atoms with Gasteiger partial charge in [0.1, 0.15) is 11.8 Å². The molecule has 2 N–H and O–H groups in total. The summed E-state index contributed by atoms with van der Waals surface area (Å²) in [5.41, 5.74) is 2.00. The fourth-order valence-electron chi connectivity index (χ4n) is 2.49. The van der Waals surface area contributed by atoms with E-state index in [-0.39, 0.29) is 5.91 Å². The summed E-state index contributed by atoms with van der Waals surface area (Å²) in [6.07, 6.45) is 1.82. The molecule has 0 saturated heterocycles. The number of nitrogens with one attached hydrogen (secondary N) is 2. The number of hydrogen-bond acceptors (Lipinski definition) is 3. The quantitative estimate of drug-likeness (QED) is 0.777. The smallest absolute Gasteiger partial charge is 0.252 e. The van der Waals surface area contributed by atoms with E-state index in [2.05, 4.69) is 16.4 Å². The highest BCUT2D eigenvalue weighted by Crippen LogP contribution is 2.24. The second-order valence-corrected chi connectivity index (χ2v) is 5.06. The molecule has 23 heavy (non-hydrogen) atoms. The summed E-state index contributed by atoms with van der Waals surface area (Å²) in [6, 6.07) is 15.8. The van der Waals surface area contributed by atoms with Crippen molar-refractivity contribution in [2.24, 2.45) is 0 Å². The first kappa shape index (κ1) is 14.7. The summed E-state index contributed by atoms with van der Waals surface area (Å²) in [7, 11) is 1.54. The lowest BCUT2D eigenvalue weighted by Crippen LogP contribution is -2.27. The van der Waals surface area contributed by atoms with Gasteiger partial charge in [-0.05, 0) is 29.7 Å². The average Bonchev–Trinajstić information content (AvgIpc) is 3.07. The fourth-order valence-corrected chi connectivity index (χ4v) is 2.49. The highest BCUT2D eigenvalue weighted by atomic mass is 16.5. The van der Waals surface area contributed by atoms with Crippen molar-refractivity contribution < 1.29 is 9.53 Å². The molecule has 2 aromatic carbocycles. The van der Waals surface area contributed by atoms with Gasteiger partial charge >= 0.3 is 0 Å². The lowest BCUT2D eigenvalue weighted by molar-refractivity contribution is 0.0945. The van der Waals surface area contributed by atoms with Crippen molar-refractivity contribution in [2.45, 2.75) is 6.04 Å². The number of nitrogens with zero attached hydrogens (tertiary/aromatic N) is 1. The van der Waals surface area contributed by atoms with Crippen molar-refractivity contribution in [3.8, 4) is 11.8 Å². The van der Waals surface area contributed by atoms with Gasteiger partial charge in [0.05, 0.1) is 13.2 Å². The monoisotopic (exact) mass is 305 g/mol. The van der Waals surface area contributed by atoms with Crippen LogP contribution in [0.5, 0.6) is 5.75 Å². The number of ether oxygens (including phenoxy) is 1. The number of aromatic nitrogens is 1. The Morgan fingerprint density at radius 1 is 1.26 bits per heavy atom. The van der Waals surface area contributed by atoms with Crippen molar-refractivity contribution in [3.05, 3.63) is 65.9 Å². The van der Waals surface area contributed by atoms with Crippen LogP contribution in [0.25, 0.3) is 10.9 Å². The Kier molecular flexibility index (Phi) is 3.98. The number of methoxy groups -OCH3 is 1. The number of rotatable bonds is 4. The van der Waals surface area contributed by atoms with E-state index < -0.39 is 6.04 Å². The summed E-state index contributed by atoms with van der Waals surface area (Å²) in [4.78, 5) is 15.5. The number of benzene rings is 2. The van der Waals surface area contributed by atoms with Crippen LogP contribution < -0.4 is 10.1 Å². The van der Waals surface area contributed by atoms with Crippen LogP contribution in [0.4, 0.5) is 0 Å². The van der Waals surface area contributed by atoms with Gasteiger partial charge < -0.3 is 15.0 Å². The molecule has 0 unspecified atom stereocenters. The number of amides is 1. The van der Waals surface area contributed by atoms with Gasteiger partial charge in [-0.2, -0.15) is 5.26 Å². The molecule has 114 valence electrons. The molecule has 0 radical (unpaired) electrons. The maximum absolute atomic E-state index is 12.4. The van der Waals surface area contributed by atoms with Gasteiger partial charge in [0.25, 0.3) is 5.91 Å². The number of para-hydroxylation sites is 1. The van der Waals surface area contributed by atoms with Crippen molar-refractivity contribution in [2.75, 3.05) is 7.11 Å². The van der Waals surface area contributed by atoms with Crippen LogP contribution in [0.15, 0.2) is 54.7 Å². The largest absolute Gasteiger partial charge is 0.496 e. The van der Waals surface area contributed by atoms with Gasteiger partial charge in [0.2, 0.25) is 0 Å². The first-order chi connectivity index (χ1) is 11.2. The number of hydrogen-bond donors (Lipinski definition) is 2. The van der Waals surface area contributed by atoms with Gasteiger partial charge in [-0.3, -0.25) is 4.79 Å². The molecule has 3 rings (SSSR count). The first-order valence-corrected chi connectivity index (χ1v) is 7.13. The van der Waals surface area contributed by atoms with Crippen LogP contribution >= 0.6 is 0 Å². The van der Waals surface area contributed by atoms with Gasteiger partial charge in [-0.1, -0.05) is 24.3 Å². The lowest BCUT2D eigenvalue weighted by atomic mass is 10.1. The third-order valence-corrected chi connectivity index (χ3v) is 3.67. The van der Waals surface area contributed by atoms with Crippen molar-refractivity contribution >= 4 is 16.8 Å². The molecule has 1 heterocycles. The van der Waals surface area contributed by atoms with Crippen LogP contribution in [0.1, 0.15) is 22.0 Å². The third kappa shape index (κ3) is 2.87. The Morgan fingerprint density at radius 2 is 2.09 bits per heavy atom. The molecule has 0 aliphatic rings. The molecular formula is C18H15N3O2. The maximum atomic E-state index is 12.4. The Balaban J connectivity index is 1.86. The van der Waals surface area contributed by atoms with E-state index >= 15 is 0 Å². The zero-order chi connectivity index (χ0) is 16.2. The topological polar surface area (TPSA) is 77.9 Å². The molecule has 0 saturated carbocycles. The Bertz CT molecular complexity index is 892. The van der Waals surface area contributed by atoms with E-state index in [0.29, 0.717) is 16.9 Å². The van der Waals surface area contributed by atoms with Crippen LogP contribution in [0.2, 0.25) is 0 Å². The minimum Gasteiger partial charge on any atom is -0.496 e. The fraction of sp³-hybridized carbons (Fsp3) is 0.111. The summed E-state index contributed by atoms with van der Waals surface area (Å²) in [5.74, 6) is 0.262. The number of carbonyl (C=O) groups is 1. The number of H-pyrrole nitrogens is 1. The number of fused-ring (bicyclic) bond motifs is 1. The molecule has 0 fully saturated rings. The molecule has 1 amide bonds. The van der Waals surface area contributed by atoms with Crippen LogP contribution in [-0.4, -0.2) is 18.0 Å². The van der Waals surface area contributed by atoms with E-state index in [1.54, 1.807) is 30.3 Å². The van der Waals surface area contributed by atoms with Crippen molar-refractivity contribution in [1.29, 1.82) is 5.26 Å². The molecule has 0 aliphatic carbocycles.